The summed E-state index contributed by atoms with van der Waals surface area (Å²) >= 11 is 1.98. The Morgan fingerprint density at radius 3 is 2.90 bits per heavy atom. The van der Waals surface area contributed by atoms with Gasteiger partial charge in [0.2, 0.25) is 5.91 Å². The van der Waals surface area contributed by atoms with Crippen LogP contribution in [0.3, 0.4) is 0 Å². The maximum Gasteiger partial charge on any atom is 0.288 e. The molecule has 0 saturated carbocycles. The summed E-state index contributed by atoms with van der Waals surface area (Å²) in [6, 6.07) is 6.43. The third-order valence-corrected chi connectivity index (χ3v) is 6.89. The topological polar surface area (TPSA) is 64.0 Å². The number of halogens is 2. The first-order valence-corrected chi connectivity index (χ1v) is 11.1. The summed E-state index contributed by atoms with van der Waals surface area (Å²) in [5.41, 5.74) is 1.34. The van der Waals surface area contributed by atoms with Gasteiger partial charge >= 0.3 is 0 Å². The van der Waals surface area contributed by atoms with Crippen LogP contribution in [0.15, 0.2) is 40.3 Å². The lowest BCUT2D eigenvalue weighted by Crippen LogP contribution is -2.24. The van der Waals surface area contributed by atoms with Gasteiger partial charge in [0.05, 0.1) is 17.4 Å². The van der Waals surface area contributed by atoms with Crippen LogP contribution >= 0.6 is 23.1 Å². The standard InChI is InChI=1S/C20H19F2N3O2S2/c21-20(22)29-15-8-4-2-6-13(15)24-16(26)9-10-25-11-23-18-17(19(25)27)12-5-1-3-7-14(12)28-18/h2,4,6,8,11,20H,1,3,5,7,9-10H2,(H,24,26). The summed E-state index contributed by atoms with van der Waals surface area (Å²) in [5.74, 6) is -2.91. The molecule has 0 spiro atoms. The Morgan fingerprint density at radius 1 is 1.28 bits per heavy atom. The van der Waals surface area contributed by atoms with Gasteiger partial charge in [-0.05, 0) is 43.4 Å². The maximum atomic E-state index is 12.9. The molecule has 29 heavy (non-hydrogen) atoms. The third-order valence-electron chi connectivity index (χ3n) is 4.90. The van der Waals surface area contributed by atoms with E-state index in [4.69, 9.17) is 0 Å². The van der Waals surface area contributed by atoms with Crippen LogP contribution in [-0.4, -0.2) is 21.2 Å². The number of thioether (sulfide) groups is 1. The fourth-order valence-corrected chi connectivity index (χ4v) is 5.36. The highest BCUT2D eigenvalue weighted by Crippen LogP contribution is 2.33. The predicted octanol–water partition coefficient (Wildman–Crippen LogP) is 4.68. The minimum atomic E-state index is -2.57. The number of nitrogens with one attached hydrogen (secondary N) is 1. The Morgan fingerprint density at radius 2 is 2.07 bits per heavy atom. The minimum Gasteiger partial charge on any atom is -0.325 e. The molecule has 4 rings (SSSR count). The molecule has 2 heterocycles. The number of anilines is 1. The van der Waals surface area contributed by atoms with Crippen molar-refractivity contribution in [1.29, 1.82) is 0 Å². The number of benzene rings is 1. The molecule has 5 nitrogen and oxygen atoms in total. The molecule has 3 aromatic rings. The number of thiophene rings is 1. The number of alkyl halides is 2. The number of rotatable bonds is 6. The van der Waals surface area contributed by atoms with Crippen LogP contribution < -0.4 is 10.9 Å². The molecule has 0 fully saturated rings. The van der Waals surface area contributed by atoms with Crippen molar-refractivity contribution in [2.45, 2.75) is 49.3 Å². The molecule has 0 aliphatic heterocycles. The van der Waals surface area contributed by atoms with Crippen molar-refractivity contribution in [3.63, 3.8) is 0 Å². The monoisotopic (exact) mass is 435 g/mol. The lowest BCUT2D eigenvalue weighted by Gasteiger charge is -2.11. The van der Waals surface area contributed by atoms with E-state index in [0.717, 1.165) is 36.1 Å². The third kappa shape index (κ3) is 4.35. The van der Waals surface area contributed by atoms with E-state index >= 15 is 0 Å². The fourth-order valence-electron chi connectivity index (χ4n) is 3.54. The lowest BCUT2D eigenvalue weighted by molar-refractivity contribution is -0.116. The number of carbonyl (C=O) groups is 1. The normalized spacial score (nSPS) is 13.6. The number of hydrogen-bond acceptors (Lipinski definition) is 5. The van der Waals surface area contributed by atoms with E-state index in [-0.39, 0.29) is 24.4 Å². The van der Waals surface area contributed by atoms with Crippen LogP contribution in [0.2, 0.25) is 0 Å². The molecule has 0 radical (unpaired) electrons. The summed E-state index contributed by atoms with van der Waals surface area (Å²) in [7, 11) is 0. The predicted molar refractivity (Wildman–Crippen MR) is 112 cm³/mol. The highest BCUT2D eigenvalue weighted by molar-refractivity contribution is 7.99. The summed E-state index contributed by atoms with van der Waals surface area (Å²) in [5, 5.41) is 3.35. The summed E-state index contributed by atoms with van der Waals surface area (Å²) in [6.45, 7) is 0.183. The van der Waals surface area contributed by atoms with Crippen molar-refractivity contribution < 1.29 is 13.6 Å². The molecular formula is C20H19F2N3O2S2. The van der Waals surface area contributed by atoms with Gasteiger partial charge in [-0.2, -0.15) is 8.78 Å². The number of carbonyl (C=O) groups excluding carboxylic acids is 1. The molecule has 0 unspecified atom stereocenters. The zero-order chi connectivity index (χ0) is 20.4. The van der Waals surface area contributed by atoms with E-state index in [2.05, 4.69) is 10.3 Å². The van der Waals surface area contributed by atoms with Crippen molar-refractivity contribution in [1.82, 2.24) is 9.55 Å². The SMILES string of the molecule is O=C(CCn1cnc2sc3c(c2c1=O)CCCC3)Nc1ccccc1SC(F)F. The number of para-hydroxylation sites is 1. The Labute approximate surface area is 174 Å². The Bertz CT molecular complexity index is 1110. The molecule has 1 aliphatic rings. The van der Waals surface area contributed by atoms with Crippen molar-refractivity contribution in [3.8, 4) is 0 Å². The molecule has 1 aromatic carbocycles. The summed E-state index contributed by atoms with van der Waals surface area (Å²) in [6.07, 6.45) is 5.64. The number of aromatic nitrogens is 2. The second-order valence-corrected chi connectivity index (χ2v) is 8.92. The fraction of sp³-hybridized carbons (Fsp3) is 0.350. The van der Waals surface area contributed by atoms with E-state index in [1.165, 1.54) is 21.8 Å². The van der Waals surface area contributed by atoms with Gasteiger partial charge in [-0.25, -0.2) is 4.98 Å². The van der Waals surface area contributed by atoms with Crippen LogP contribution in [-0.2, 0) is 24.2 Å². The Hall–Kier alpha value is -2.26. The number of aryl methyl sites for hydroxylation is 3. The second-order valence-electron chi connectivity index (χ2n) is 6.81. The summed E-state index contributed by atoms with van der Waals surface area (Å²) in [4.78, 5) is 32.0. The number of hydrogen-bond donors (Lipinski definition) is 1. The lowest BCUT2D eigenvalue weighted by atomic mass is 9.97. The largest absolute Gasteiger partial charge is 0.325 e. The molecule has 0 bridgehead atoms. The Kier molecular flexibility index (Phi) is 5.96. The first kappa shape index (κ1) is 20.0. The van der Waals surface area contributed by atoms with Crippen LogP contribution in [0.25, 0.3) is 10.2 Å². The van der Waals surface area contributed by atoms with Gasteiger partial charge in [-0.1, -0.05) is 23.9 Å². The van der Waals surface area contributed by atoms with Crippen molar-refractivity contribution >= 4 is 44.9 Å². The Balaban J connectivity index is 1.48. The molecule has 9 heteroatoms. The number of fused-ring (bicyclic) bond motifs is 3. The molecule has 1 aliphatic carbocycles. The zero-order valence-corrected chi connectivity index (χ0v) is 17.1. The summed E-state index contributed by atoms with van der Waals surface area (Å²) < 4.78 is 26.8. The van der Waals surface area contributed by atoms with Gasteiger partial charge in [0.1, 0.15) is 4.83 Å². The van der Waals surface area contributed by atoms with Gasteiger partial charge < -0.3 is 5.32 Å². The minimum absolute atomic E-state index is 0.0487. The quantitative estimate of drug-likeness (QED) is 0.571. The molecule has 2 aromatic heterocycles. The van der Waals surface area contributed by atoms with Gasteiger partial charge in [-0.15, -0.1) is 11.3 Å². The van der Waals surface area contributed by atoms with Crippen molar-refractivity contribution in [2.24, 2.45) is 0 Å². The maximum absolute atomic E-state index is 12.9. The van der Waals surface area contributed by atoms with E-state index in [0.29, 0.717) is 27.7 Å². The molecule has 0 atom stereocenters. The molecular weight excluding hydrogens is 416 g/mol. The highest BCUT2D eigenvalue weighted by atomic mass is 32.2. The van der Waals surface area contributed by atoms with Crippen LogP contribution in [0.4, 0.5) is 14.5 Å². The molecule has 0 saturated heterocycles. The smallest absolute Gasteiger partial charge is 0.288 e. The highest BCUT2D eigenvalue weighted by Gasteiger charge is 2.20. The van der Waals surface area contributed by atoms with E-state index in [1.54, 1.807) is 29.5 Å². The van der Waals surface area contributed by atoms with E-state index < -0.39 is 5.76 Å². The second kappa shape index (κ2) is 8.62. The molecule has 1 amide bonds. The zero-order valence-electron chi connectivity index (χ0n) is 15.5. The van der Waals surface area contributed by atoms with E-state index in [9.17, 15) is 18.4 Å². The van der Waals surface area contributed by atoms with E-state index in [1.807, 2.05) is 0 Å². The van der Waals surface area contributed by atoms with Gasteiger partial charge in [-0.3, -0.25) is 14.2 Å². The van der Waals surface area contributed by atoms with Crippen molar-refractivity contribution in [2.75, 3.05) is 5.32 Å². The first-order chi connectivity index (χ1) is 14.0. The molecule has 1 N–H and O–H groups in total. The van der Waals surface area contributed by atoms with Crippen LogP contribution in [0.1, 0.15) is 29.7 Å². The average Bonchev–Trinajstić information content (AvgIpc) is 3.08. The van der Waals surface area contributed by atoms with Gasteiger partial charge in [0.15, 0.2) is 0 Å². The molecule has 152 valence electrons. The van der Waals surface area contributed by atoms with Gasteiger partial charge in [0, 0.05) is 22.7 Å². The van der Waals surface area contributed by atoms with Crippen LogP contribution in [0.5, 0.6) is 0 Å². The van der Waals surface area contributed by atoms with Crippen LogP contribution in [0, 0.1) is 0 Å². The average molecular weight is 436 g/mol. The van der Waals surface area contributed by atoms with Crippen molar-refractivity contribution in [3.05, 3.63) is 51.4 Å². The number of amides is 1. The first-order valence-electron chi connectivity index (χ1n) is 9.36. The number of nitrogens with zero attached hydrogens (tertiary/aromatic N) is 2. The van der Waals surface area contributed by atoms with Gasteiger partial charge in [0.25, 0.3) is 11.3 Å².